The second kappa shape index (κ2) is 7.02. The molecule has 3 rings (SSSR count). The molecule has 0 bridgehead atoms. The van der Waals surface area contributed by atoms with Gasteiger partial charge in [-0.1, -0.05) is 25.0 Å². The van der Waals surface area contributed by atoms with Crippen LogP contribution in [0.1, 0.15) is 25.7 Å². The van der Waals surface area contributed by atoms with Crippen LogP contribution >= 0.6 is 11.3 Å². The predicted molar refractivity (Wildman–Crippen MR) is 103 cm³/mol. The molecule has 26 heavy (non-hydrogen) atoms. The van der Waals surface area contributed by atoms with E-state index in [0.717, 1.165) is 27.5 Å². The molecule has 2 N–H and O–H groups in total. The Bertz CT molecular complexity index is 896. The van der Waals surface area contributed by atoms with Crippen LogP contribution in [-0.2, 0) is 14.8 Å². The SMILES string of the molecule is CN(C)c1ccc(-c2ccc(S(=O)(=O)NC3(C(=O)O)CCCC3)s2)cc1. The van der Waals surface area contributed by atoms with Gasteiger partial charge in [0.25, 0.3) is 10.0 Å². The van der Waals surface area contributed by atoms with Gasteiger partial charge in [0.1, 0.15) is 9.75 Å². The normalized spacial score (nSPS) is 16.5. The largest absolute Gasteiger partial charge is 0.480 e. The lowest BCUT2D eigenvalue weighted by molar-refractivity contribution is -0.143. The number of thiophene rings is 1. The summed E-state index contributed by atoms with van der Waals surface area (Å²) in [5, 5.41) is 9.50. The number of benzene rings is 1. The highest BCUT2D eigenvalue weighted by atomic mass is 32.2. The highest BCUT2D eigenvalue weighted by Gasteiger charge is 2.45. The van der Waals surface area contributed by atoms with Gasteiger partial charge >= 0.3 is 5.97 Å². The summed E-state index contributed by atoms with van der Waals surface area (Å²) < 4.78 is 28.0. The molecule has 1 aliphatic carbocycles. The van der Waals surface area contributed by atoms with Crippen molar-refractivity contribution in [1.82, 2.24) is 4.72 Å². The highest BCUT2D eigenvalue weighted by molar-refractivity contribution is 7.91. The van der Waals surface area contributed by atoms with E-state index in [9.17, 15) is 18.3 Å². The molecule has 1 aromatic carbocycles. The number of carbonyl (C=O) groups is 1. The summed E-state index contributed by atoms with van der Waals surface area (Å²) in [7, 11) is 0.0358. The minimum Gasteiger partial charge on any atom is -0.480 e. The van der Waals surface area contributed by atoms with Gasteiger partial charge in [-0.3, -0.25) is 4.79 Å². The first-order valence-corrected chi connectivity index (χ1v) is 10.7. The number of nitrogens with zero attached hydrogens (tertiary/aromatic N) is 1. The first-order valence-electron chi connectivity index (χ1n) is 8.38. The van der Waals surface area contributed by atoms with Gasteiger partial charge in [0.15, 0.2) is 0 Å². The van der Waals surface area contributed by atoms with Gasteiger partial charge in [0, 0.05) is 24.7 Å². The van der Waals surface area contributed by atoms with Crippen LogP contribution < -0.4 is 9.62 Å². The van der Waals surface area contributed by atoms with Crippen molar-refractivity contribution in [3.63, 3.8) is 0 Å². The van der Waals surface area contributed by atoms with Gasteiger partial charge in [-0.25, -0.2) is 8.42 Å². The maximum atomic E-state index is 12.7. The summed E-state index contributed by atoms with van der Waals surface area (Å²) in [5.74, 6) is -1.10. The van der Waals surface area contributed by atoms with E-state index >= 15 is 0 Å². The lowest BCUT2D eigenvalue weighted by Gasteiger charge is -2.24. The maximum absolute atomic E-state index is 12.7. The van der Waals surface area contributed by atoms with Crippen molar-refractivity contribution in [2.45, 2.75) is 35.4 Å². The molecule has 8 heteroatoms. The average molecular weight is 395 g/mol. The van der Waals surface area contributed by atoms with Gasteiger partial charge in [-0.15, -0.1) is 11.3 Å². The van der Waals surface area contributed by atoms with E-state index in [0.29, 0.717) is 25.7 Å². The second-order valence-corrected chi connectivity index (χ2v) is 9.75. The Morgan fingerprint density at radius 1 is 1.12 bits per heavy atom. The van der Waals surface area contributed by atoms with Gasteiger partial charge < -0.3 is 10.0 Å². The van der Waals surface area contributed by atoms with E-state index in [1.807, 2.05) is 43.3 Å². The lowest BCUT2D eigenvalue weighted by atomic mass is 10.0. The number of aliphatic carboxylic acids is 1. The smallest absolute Gasteiger partial charge is 0.324 e. The zero-order valence-electron chi connectivity index (χ0n) is 14.7. The Morgan fingerprint density at radius 3 is 2.27 bits per heavy atom. The third-order valence-electron chi connectivity index (χ3n) is 4.71. The van der Waals surface area contributed by atoms with Gasteiger partial charge in [0.05, 0.1) is 0 Å². The van der Waals surface area contributed by atoms with E-state index in [4.69, 9.17) is 0 Å². The third kappa shape index (κ3) is 3.62. The average Bonchev–Trinajstić information content (AvgIpc) is 3.25. The number of hydrogen-bond acceptors (Lipinski definition) is 5. The van der Waals surface area contributed by atoms with Crippen molar-refractivity contribution in [2.75, 3.05) is 19.0 Å². The summed E-state index contributed by atoms with van der Waals surface area (Å²) >= 11 is 1.14. The summed E-state index contributed by atoms with van der Waals surface area (Å²) in [6.45, 7) is 0. The van der Waals surface area contributed by atoms with Gasteiger partial charge in [0.2, 0.25) is 0 Å². The monoisotopic (exact) mass is 394 g/mol. The molecule has 0 aliphatic heterocycles. The number of nitrogens with one attached hydrogen (secondary N) is 1. The van der Waals surface area contributed by atoms with E-state index in [-0.39, 0.29) is 4.21 Å². The van der Waals surface area contributed by atoms with Crippen LogP contribution in [0.5, 0.6) is 0 Å². The molecule has 0 saturated heterocycles. The minimum absolute atomic E-state index is 0.136. The molecule has 0 amide bonds. The molecule has 1 aliphatic rings. The topological polar surface area (TPSA) is 86.7 Å². The Hall–Kier alpha value is -1.90. The lowest BCUT2D eigenvalue weighted by Crippen LogP contribution is -2.52. The molecule has 0 radical (unpaired) electrons. The van der Waals surface area contributed by atoms with Crippen LogP contribution in [0.25, 0.3) is 10.4 Å². The fourth-order valence-corrected chi connectivity index (χ4v) is 5.92. The van der Waals surface area contributed by atoms with E-state index < -0.39 is 21.5 Å². The van der Waals surface area contributed by atoms with Crippen LogP contribution in [0, 0.1) is 0 Å². The minimum atomic E-state index is -3.88. The maximum Gasteiger partial charge on any atom is 0.324 e. The fourth-order valence-electron chi connectivity index (χ4n) is 3.19. The van der Waals surface area contributed by atoms with Crippen molar-refractivity contribution < 1.29 is 18.3 Å². The van der Waals surface area contributed by atoms with E-state index in [1.54, 1.807) is 6.07 Å². The number of sulfonamides is 1. The summed E-state index contributed by atoms with van der Waals surface area (Å²) in [6.07, 6.45) is 2.07. The number of carboxylic acids is 1. The predicted octanol–water partition coefficient (Wildman–Crippen LogP) is 3.16. The van der Waals surface area contributed by atoms with E-state index in [2.05, 4.69) is 4.72 Å². The molecule has 1 heterocycles. The Morgan fingerprint density at radius 2 is 1.73 bits per heavy atom. The Kier molecular flexibility index (Phi) is 5.09. The van der Waals surface area contributed by atoms with E-state index in [1.165, 1.54) is 6.07 Å². The molecule has 0 atom stereocenters. The third-order valence-corrected chi connectivity index (χ3v) is 7.87. The quantitative estimate of drug-likeness (QED) is 0.786. The number of carboxylic acid groups (broad SMARTS) is 1. The van der Waals surface area contributed by atoms with Crippen LogP contribution in [0.3, 0.4) is 0 Å². The van der Waals surface area contributed by atoms with Crippen molar-refractivity contribution in [3.8, 4) is 10.4 Å². The first-order chi connectivity index (χ1) is 12.2. The summed E-state index contributed by atoms with van der Waals surface area (Å²) in [4.78, 5) is 14.4. The molecule has 1 fully saturated rings. The number of hydrogen-bond donors (Lipinski definition) is 2. The molecular formula is C18H22N2O4S2. The number of anilines is 1. The highest BCUT2D eigenvalue weighted by Crippen LogP contribution is 2.35. The molecular weight excluding hydrogens is 372 g/mol. The van der Waals surface area contributed by atoms with Crippen molar-refractivity contribution >= 4 is 33.0 Å². The molecule has 6 nitrogen and oxygen atoms in total. The van der Waals surface area contributed by atoms with Crippen molar-refractivity contribution in [2.24, 2.45) is 0 Å². The van der Waals surface area contributed by atoms with Gasteiger partial charge in [-0.05, 0) is 42.7 Å². The van der Waals surface area contributed by atoms with Crippen LogP contribution in [0.4, 0.5) is 5.69 Å². The van der Waals surface area contributed by atoms with Crippen LogP contribution in [0.15, 0.2) is 40.6 Å². The summed E-state index contributed by atoms with van der Waals surface area (Å²) in [5.41, 5.74) is 0.608. The van der Waals surface area contributed by atoms with Crippen LogP contribution in [-0.4, -0.2) is 39.1 Å². The second-order valence-electron chi connectivity index (χ2n) is 6.76. The zero-order valence-corrected chi connectivity index (χ0v) is 16.4. The Balaban J connectivity index is 1.85. The van der Waals surface area contributed by atoms with Crippen LogP contribution in [0.2, 0.25) is 0 Å². The first kappa shape index (κ1) is 18.9. The van der Waals surface area contributed by atoms with Crippen molar-refractivity contribution in [1.29, 1.82) is 0 Å². The summed E-state index contributed by atoms with van der Waals surface area (Å²) in [6, 6.07) is 11.1. The molecule has 0 unspecified atom stereocenters. The van der Waals surface area contributed by atoms with Gasteiger partial charge in [-0.2, -0.15) is 4.72 Å². The zero-order chi connectivity index (χ0) is 18.9. The molecule has 2 aromatic rings. The van der Waals surface area contributed by atoms with Crippen molar-refractivity contribution in [3.05, 3.63) is 36.4 Å². The fraction of sp³-hybridized carbons (Fsp3) is 0.389. The molecule has 140 valence electrons. The number of rotatable bonds is 6. The standard InChI is InChI=1S/C18H22N2O4S2/c1-20(2)14-7-5-13(6-8-14)15-9-10-16(25-15)26(23,24)19-18(17(21)22)11-3-4-12-18/h5-10,19H,3-4,11-12H2,1-2H3,(H,21,22). The molecule has 1 aromatic heterocycles. The molecule has 0 spiro atoms. The Labute approximate surface area is 157 Å². The molecule has 1 saturated carbocycles.